The average Bonchev–Trinajstić information content (AvgIpc) is 3.07. The minimum absolute atomic E-state index is 0.311. The van der Waals surface area contributed by atoms with Gasteiger partial charge in [-0.25, -0.2) is 4.98 Å². The van der Waals surface area contributed by atoms with Gasteiger partial charge in [0.05, 0.1) is 32.6 Å². The highest BCUT2D eigenvalue weighted by Crippen LogP contribution is 2.40. The smallest absolute Gasteiger partial charge is 0.261 e. The van der Waals surface area contributed by atoms with Crippen molar-refractivity contribution in [2.45, 2.75) is 6.92 Å². The maximum absolute atomic E-state index is 12.8. The molecule has 0 aliphatic carbocycles. The zero-order valence-electron chi connectivity index (χ0n) is 15.5. The summed E-state index contributed by atoms with van der Waals surface area (Å²) in [4.78, 5) is 18.4. The van der Waals surface area contributed by atoms with Crippen LogP contribution in [0.5, 0.6) is 17.2 Å². The maximum Gasteiger partial charge on any atom is 0.261 e. The topological polar surface area (TPSA) is 69.7 Å². The lowest BCUT2D eigenvalue weighted by atomic mass is 10.1. The van der Waals surface area contributed by atoms with Crippen molar-refractivity contribution in [1.82, 2.24) is 4.98 Å². The fourth-order valence-electron chi connectivity index (χ4n) is 2.76. The third kappa shape index (κ3) is 3.73. The number of nitrogens with one attached hydrogen (secondary N) is 1. The number of anilines is 1. The molecular weight excluding hydrogens is 364 g/mol. The van der Waals surface area contributed by atoms with Gasteiger partial charge in [-0.05, 0) is 19.1 Å². The van der Waals surface area contributed by atoms with Crippen LogP contribution in [0.2, 0.25) is 0 Å². The molecule has 1 amide bonds. The summed E-state index contributed by atoms with van der Waals surface area (Å²) in [7, 11) is 4.51. The van der Waals surface area contributed by atoms with Gasteiger partial charge < -0.3 is 14.2 Å². The van der Waals surface area contributed by atoms with Crippen LogP contribution in [-0.2, 0) is 0 Å². The number of benzene rings is 2. The average molecular weight is 384 g/mol. The van der Waals surface area contributed by atoms with E-state index in [4.69, 9.17) is 14.2 Å². The van der Waals surface area contributed by atoms with Gasteiger partial charge in [0.15, 0.2) is 16.6 Å². The van der Waals surface area contributed by atoms with Crippen molar-refractivity contribution in [2.75, 3.05) is 26.6 Å². The molecule has 0 fully saturated rings. The Morgan fingerprint density at radius 1 is 0.963 bits per heavy atom. The molecule has 1 heterocycles. The highest BCUT2D eigenvalue weighted by molar-refractivity contribution is 7.16. The summed E-state index contributed by atoms with van der Waals surface area (Å²) in [5, 5.41) is 3.37. The number of methoxy groups -OCH3 is 3. The summed E-state index contributed by atoms with van der Waals surface area (Å²) in [5.74, 6) is 0.836. The van der Waals surface area contributed by atoms with Gasteiger partial charge in [0.25, 0.3) is 5.91 Å². The predicted octanol–water partition coefficient (Wildman–Crippen LogP) is 4.40. The minimum Gasteiger partial charge on any atom is -0.493 e. The van der Waals surface area contributed by atoms with Crippen molar-refractivity contribution in [1.29, 1.82) is 0 Å². The lowest BCUT2D eigenvalue weighted by Gasteiger charge is -2.15. The number of ether oxygens (including phenoxy) is 3. The summed E-state index contributed by atoms with van der Waals surface area (Å²) in [6.45, 7) is 1.98. The van der Waals surface area contributed by atoms with Crippen molar-refractivity contribution in [3.63, 3.8) is 0 Å². The van der Waals surface area contributed by atoms with Gasteiger partial charge in [-0.1, -0.05) is 30.3 Å². The number of carbonyl (C=O) groups is 1. The standard InChI is InChI=1S/C20H20N2O4S/c1-12-16(13-8-6-5-7-9-13)21-20(27-12)22-19(23)14-10-11-15(24-2)18(26-4)17(14)25-3/h5-11H,1-4H3,(H,21,22,23). The molecular formula is C20H20N2O4S. The van der Waals surface area contributed by atoms with E-state index in [1.54, 1.807) is 12.1 Å². The number of thiazole rings is 1. The molecule has 1 aromatic heterocycles. The Balaban J connectivity index is 1.91. The normalized spacial score (nSPS) is 10.4. The van der Waals surface area contributed by atoms with E-state index in [-0.39, 0.29) is 5.91 Å². The van der Waals surface area contributed by atoms with Crippen LogP contribution in [0.4, 0.5) is 5.13 Å². The largest absolute Gasteiger partial charge is 0.493 e. The van der Waals surface area contributed by atoms with Gasteiger partial charge >= 0.3 is 0 Å². The fraction of sp³-hybridized carbons (Fsp3) is 0.200. The number of nitrogens with zero attached hydrogens (tertiary/aromatic N) is 1. The molecule has 0 saturated carbocycles. The Labute approximate surface area is 161 Å². The first-order chi connectivity index (χ1) is 13.1. The van der Waals surface area contributed by atoms with Gasteiger partial charge in [0.1, 0.15) is 0 Å². The number of carbonyl (C=O) groups excluding carboxylic acids is 1. The molecule has 3 rings (SSSR count). The summed E-state index contributed by atoms with van der Waals surface area (Å²) < 4.78 is 16.0. The zero-order chi connectivity index (χ0) is 19.4. The first-order valence-corrected chi connectivity index (χ1v) is 9.03. The monoisotopic (exact) mass is 384 g/mol. The number of aromatic nitrogens is 1. The van der Waals surface area contributed by atoms with Crippen LogP contribution in [-0.4, -0.2) is 32.2 Å². The van der Waals surface area contributed by atoms with Crippen LogP contribution >= 0.6 is 11.3 Å². The second-order valence-corrected chi connectivity index (χ2v) is 6.83. The Bertz CT molecular complexity index is 954. The highest BCUT2D eigenvalue weighted by Gasteiger charge is 2.22. The van der Waals surface area contributed by atoms with Gasteiger partial charge in [-0.2, -0.15) is 0 Å². The number of rotatable bonds is 6. The Hall–Kier alpha value is -3.06. The van der Waals surface area contributed by atoms with Crippen LogP contribution in [0.1, 0.15) is 15.2 Å². The first kappa shape index (κ1) is 18.7. The van der Waals surface area contributed by atoms with Crippen LogP contribution in [0.3, 0.4) is 0 Å². The summed E-state index contributed by atoms with van der Waals surface area (Å²) in [6.07, 6.45) is 0. The molecule has 27 heavy (non-hydrogen) atoms. The number of hydrogen-bond acceptors (Lipinski definition) is 6. The van der Waals surface area contributed by atoms with E-state index in [2.05, 4.69) is 10.3 Å². The molecule has 140 valence electrons. The molecule has 7 heteroatoms. The highest BCUT2D eigenvalue weighted by atomic mass is 32.1. The van der Waals surface area contributed by atoms with Crippen LogP contribution in [0, 0.1) is 6.92 Å². The van der Waals surface area contributed by atoms with E-state index in [0.29, 0.717) is 27.9 Å². The van der Waals surface area contributed by atoms with Crippen molar-refractivity contribution in [3.8, 4) is 28.5 Å². The Morgan fingerprint density at radius 3 is 2.30 bits per heavy atom. The Kier molecular flexibility index (Phi) is 5.61. The van der Waals surface area contributed by atoms with E-state index >= 15 is 0 Å². The molecule has 0 radical (unpaired) electrons. The second kappa shape index (κ2) is 8.09. The second-order valence-electron chi connectivity index (χ2n) is 5.63. The van der Waals surface area contributed by atoms with Gasteiger partial charge in [-0.3, -0.25) is 10.1 Å². The molecule has 0 spiro atoms. The number of aryl methyl sites for hydroxylation is 1. The summed E-state index contributed by atoms with van der Waals surface area (Å²) in [6, 6.07) is 13.2. The molecule has 6 nitrogen and oxygen atoms in total. The van der Waals surface area contributed by atoms with E-state index in [1.807, 2.05) is 37.3 Å². The van der Waals surface area contributed by atoms with Crippen molar-refractivity contribution in [2.24, 2.45) is 0 Å². The first-order valence-electron chi connectivity index (χ1n) is 8.22. The lowest BCUT2D eigenvalue weighted by Crippen LogP contribution is -2.13. The minimum atomic E-state index is -0.332. The fourth-order valence-corrected chi connectivity index (χ4v) is 3.59. The third-order valence-corrected chi connectivity index (χ3v) is 4.90. The van der Waals surface area contributed by atoms with Gasteiger partial charge in [0, 0.05) is 10.4 Å². The predicted molar refractivity (Wildman–Crippen MR) is 106 cm³/mol. The molecule has 1 N–H and O–H groups in total. The van der Waals surface area contributed by atoms with E-state index in [1.165, 1.54) is 32.7 Å². The molecule has 2 aromatic carbocycles. The zero-order valence-corrected chi connectivity index (χ0v) is 16.3. The Morgan fingerprint density at radius 2 is 1.67 bits per heavy atom. The molecule has 0 aliphatic heterocycles. The van der Waals surface area contributed by atoms with Crippen molar-refractivity contribution >= 4 is 22.4 Å². The van der Waals surface area contributed by atoms with E-state index < -0.39 is 0 Å². The van der Waals surface area contributed by atoms with Crippen LogP contribution in [0.25, 0.3) is 11.3 Å². The van der Waals surface area contributed by atoms with E-state index in [0.717, 1.165) is 16.1 Å². The maximum atomic E-state index is 12.8. The number of amides is 1. The SMILES string of the molecule is COc1ccc(C(=O)Nc2nc(-c3ccccc3)c(C)s2)c(OC)c1OC. The van der Waals surface area contributed by atoms with Crippen molar-refractivity contribution < 1.29 is 19.0 Å². The molecule has 3 aromatic rings. The molecule has 0 atom stereocenters. The van der Waals surface area contributed by atoms with Crippen LogP contribution < -0.4 is 19.5 Å². The summed E-state index contributed by atoms with van der Waals surface area (Å²) in [5.41, 5.74) is 2.20. The van der Waals surface area contributed by atoms with Gasteiger partial charge in [-0.15, -0.1) is 11.3 Å². The lowest BCUT2D eigenvalue weighted by molar-refractivity contribution is 0.102. The summed E-state index contributed by atoms with van der Waals surface area (Å²) >= 11 is 1.42. The van der Waals surface area contributed by atoms with Crippen LogP contribution in [0.15, 0.2) is 42.5 Å². The quantitative estimate of drug-likeness (QED) is 0.682. The van der Waals surface area contributed by atoms with E-state index in [9.17, 15) is 4.79 Å². The molecule has 0 aliphatic rings. The molecule has 0 bridgehead atoms. The third-order valence-electron chi connectivity index (χ3n) is 4.01. The molecule has 0 unspecified atom stereocenters. The molecule has 0 saturated heterocycles. The van der Waals surface area contributed by atoms with Crippen molar-refractivity contribution in [3.05, 3.63) is 52.9 Å². The van der Waals surface area contributed by atoms with Gasteiger partial charge in [0.2, 0.25) is 5.75 Å². The number of hydrogen-bond donors (Lipinski definition) is 1.